The van der Waals surface area contributed by atoms with Crippen LogP contribution in [0.25, 0.3) is 0 Å². The van der Waals surface area contributed by atoms with Crippen LogP contribution in [-0.4, -0.2) is 32.6 Å². The van der Waals surface area contributed by atoms with E-state index in [2.05, 4.69) is 5.32 Å². The molecule has 0 aliphatic carbocycles. The van der Waals surface area contributed by atoms with Crippen molar-refractivity contribution in [1.29, 1.82) is 0 Å². The summed E-state index contributed by atoms with van der Waals surface area (Å²) in [6.07, 6.45) is 0.115. The van der Waals surface area contributed by atoms with Crippen LogP contribution in [-0.2, 0) is 37.3 Å². The second kappa shape index (κ2) is 8.81. The van der Waals surface area contributed by atoms with Gasteiger partial charge in [-0.1, -0.05) is 42.0 Å². The van der Waals surface area contributed by atoms with Gasteiger partial charge in [-0.25, -0.2) is 0 Å². The minimum absolute atomic E-state index is 0.115. The van der Waals surface area contributed by atoms with E-state index in [1.54, 1.807) is 23.5 Å². The molecule has 5 rings (SSSR count). The Morgan fingerprint density at radius 3 is 2.42 bits per heavy atom. The molecule has 9 heteroatoms. The Morgan fingerprint density at radius 2 is 1.79 bits per heavy atom. The van der Waals surface area contributed by atoms with Gasteiger partial charge in [0.2, 0.25) is 5.79 Å². The number of amides is 2. The van der Waals surface area contributed by atoms with Gasteiger partial charge in [-0.3, -0.25) is 19.1 Å². The molecule has 0 spiro atoms. The van der Waals surface area contributed by atoms with Crippen LogP contribution >= 0.6 is 23.1 Å². The van der Waals surface area contributed by atoms with E-state index in [9.17, 15) is 13.8 Å². The van der Waals surface area contributed by atoms with Crippen molar-refractivity contribution in [3.63, 3.8) is 0 Å². The molecule has 2 fully saturated rings. The first kappa shape index (κ1) is 22.5. The number of hydrogen-bond acceptors (Lipinski definition) is 7. The zero-order valence-electron chi connectivity index (χ0n) is 17.7. The highest BCUT2D eigenvalue weighted by atomic mass is 32.2. The minimum atomic E-state index is -1.76. The molecule has 2 aliphatic heterocycles. The van der Waals surface area contributed by atoms with Crippen molar-refractivity contribution < 1.29 is 23.3 Å². The lowest BCUT2D eigenvalue weighted by molar-refractivity contribution is -0.127. The number of rotatable bonds is 6. The molecule has 33 heavy (non-hydrogen) atoms. The number of nitrogens with one attached hydrogen (secondary N) is 1. The number of hydrogen-bond donors (Lipinski definition) is 1. The Morgan fingerprint density at radius 1 is 1.03 bits per heavy atom. The highest BCUT2D eigenvalue weighted by Gasteiger charge is 2.53. The third-order valence-electron chi connectivity index (χ3n) is 5.64. The SMILES string of the molecule is Cc1ccc(S(=O)C2(Cc3cccc(C4(c5cccs5)OCCO4)c3)SC(=O)NC2=O)cc1. The Hall–Kier alpha value is -2.30. The smallest absolute Gasteiger partial charge is 0.287 e. The Bertz CT molecular complexity index is 1220. The van der Waals surface area contributed by atoms with Crippen molar-refractivity contribution in [3.8, 4) is 0 Å². The summed E-state index contributed by atoms with van der Waals surface area (Å²) in [5.41, 5.74) is 2.58. The molecule has 6 nitrogen and oxygen atoms in total. The van der Waals surface area contributed by atoms with E-state index in [1.807, 2.05) is 60.8 Å². The molecule has 170 valence electrons. The zero-order valence-corrected chi connectivity index (χ0v) is 20.2. The summed E-state index contributed by atoms with van der Waals surface area (Å²) in [5, 5.41) is 3.81. The Kier molecular flexibility index (Phi) is 6.00. The van der Waals surface area contributed by atoms with E-state index >= 15 is 0 Å². The summed E-state index contributed by atoms with van der Waals surface area (Å²) in [6, 6.07) is 18.7. The predicted molar refractivity (Wildman–Crippen MR) is 129 cm³/mol. The van der Waals surface area contributed by atoms with Crippen molar-refractivity contribution in [2.45, 2.75) is 28.1 Å². The molecule has 1 N–H and O–H groups in total. The summed E-state index contributed by atoms with van der Waals surface area (Å²) in [4.78, 5) is 26.6. The molecule has 2 aliphatic rings. The van der Waals surface area contributed by atoms with Gasteiger partial charge >= 0.3 is 0 Å². The summed E-state index contributed by atoms with van der Waals surface area (Å²) >= 11 is 2.34. The van der Waals surface area contributed by atoms with Crippen LogP contribution < -0.4 is 5.32 Å². The van der Waals surface area contributed by atoms with Crippen LogP contribution in [0.1, 0.15) is 21.6 Å². The highest BCUT2D eigenvalue weighted by Crippen LogP contribution is 2.44. The largest absolute Gasteiger partial charge is 0.339 e. The van der Waals surface area contributed by atoms with Crippen LogP contribution in [0.3, 0.4) is 0 Å². The predicted octanol–water partition coefficient (Wildman–Crippen LogP) is 4.33. The first-order valence-electron chi connectivity index (χ1n) is 10.4. The lowest BCUT2D eigenvalue weighted by atomic mass is 9.99. The van der Waals surface area contributed by atoms with Gasteiger partial charge in [-0.2, -0.15) is 0 Å². The van der Waals surface area contributed by atoms with Gasteiger partial charge in [0.05, 0.1) is 28.9 Å². The number of aryl methyl sites for hydroxylation is 1. The van der Waals surface area contributed by atoms with E-state index in [1.165, 1.54) is 0 Å². The fourth-order valence-corrected chi connectivity index (χ4v) is 7.83. The topological polar surface area (TPSA) is 81.7 Å². The van der Waals surface area contributed by atoms with Crippen LogP contribution in [0.4, 0.5) is 4.79 Å². The van der Waals surface area contributed by atoms with Crippen LogP contribution in [0.15, 0.2) is 70.9 Å². The number of carbonyl (C=O) groups is 2. The van der Waals surface area contributed by atoms with Gasteiger partial charge in [0.1, 0.15) is 0 Å². The number of imide groups is 1. The molecule has 0 radical (unpaired) electrons. The van der Waals surface area contributed by atoms with E-state index in [4.69, 9.17) is 9.47 Å². The molecule has 0 bridgehead atoms. The van der Waals surface area contributed by atoms with Gasteiger partial charge in [0.15, 0.2) is 4.08 Å². The summed E-state index contributed by atoms with van der Waals surface area (Å²) in [7, 11) is -1.76. The lowest BCUT2D eigenvalue weighted by Crippen LogP contribution is -2.42. The van der Waals surface area contributed by atoms with Crippen LogP contribution in [0.2, 0.25) is 0 Å². The molecule has 2 atom stereocenters. The maximum absolute atomic E-state index is 13.7. The molecule has 2 amide bonds. The molecule has 3 aromatic rings. The molecule has 1 aromatic heterocycles. The average Bonchev–Trinajstić information content (AvgIpc) is 3.56. The van der Waals surface area contributed by atoms with Gasteiger partial charge in [0.25, 0.3) is 11.1 Å². The van der Waals surface area contributed by atoms with E-state index in [0.29, 0.717) is 18.1 Å². The number of benzene rings is 2. The van der Waals surface area contributed by atoms with Crippen molar-refractivity contribution in [3.05, 3.63) is 87.6 Å². The summed E-state index contributed by atoms with van der Waals surface area (Å²) < 4.78 is 24.4. The number of carbonyl (C=O) groups excluding carboxylic acids is 2. The minimum Gasteiger partial charge on any atom is -0.339 e. The first-order valence-corrected chi connectivity index (χ1v) is 13.2. The normalized spacial score (nSPS) is 22.9. The van der Waals surface area contributed by atoms with Gasteiger partial charge in [0, 0.05) is 16.9 Å². The van der Waals surface area contributed by atoms with E-state index in [-0.39, 0.29) is 6.42 Å². The zero-order chi connectivity index (χ0) is 23.1. The van der Waals surface area contributed by atoms with Crippen molar-refractivity contribution in [1.82, 2.24) is 5.32 Å². The summed E-state index contributed by atoms with van der Waals surface area (Å²) in [6.45, 7) is 2.87. The number of ether oxygens (including phenoxy) is 2. The monoisotopic (exact) mass is 499 g/mol. The van der Waals surface area contributed by atoms with Crippen LogP contribution in [0.5, 0.6) is 0 Å². The maximum atomic E-state index is 13.7. The molecule has 2 aromatic carbocycles. The van der Waals surface area contributed by atoms with Gasteiger partial charge in [-0.15, -0.1) is 11.3 Å². The number of thiophene rings is 1. The molecule has 0 saturated carbocycles. The standard InChI is InChI=1S/C24H21NO5S3/c1-16-7-9-19(10-8-16)33(28)23(21(26)25-22(27)32-23)15-17-4-2-5-18(14-17)24(29-11-12-30-24)20-6-3-13-31-20/h2-10,13-14H,11-12,15H2,1H3,(H,25,26,27). The van der Waals surface area contributed by atoms with Crippen molar-refractivity contribution in [2.24, 2.45) is 0 Å². The lowest BCUT2D eigenvalue weighted by Gasteiger charge is -2.28. The first-order chi connectivity index (χ1) is 15.9. The van der Waals surface area contributed by atoms with Crippen molar-refractivity contribution >= 4 is 45.0 Å². The third-order valence-corrected chi connectivity index (χ3v) is 9.87. The maximum Gasteiger partial charge on any atom is 0.287 e. The van der Waals surface area contributed by atoms with Crippen molar-refractivity contribution in [2.75, 3.05) is 13.2 Å². The number of thioether (sulfide) groups is 1. The fraction of sp³-hybridized carbons (Fsp3) is 0.250. The Labute approximate surface area is 202 Å². The molecule has 2 unspecified atom stereocenters. The van der Waals surface area contributed by atoms with E-state index in [0.717, 1.165) is 33.3 Å². The average molecular weight is 500 g/mol. The fourth-order valence-electron chi connectivity index (χ4n) is 4.05. The second-order valence-electron chi connectivity index (χ2n) is 7.85. The quantitative estimate of drug-likeness (QED) is 0.544. The second-order valence-corrected chi connectivity index (χ2v) is 12.0. The Balaban J connectivity index is 1.54. The highest BCUT2D eigenvalue weighted by molar-refractivity contribution is 8.24. The molecular weight excluding hydrogens is 478 g/mol. The third kappa shape index (κ3) is 3.98. The molecule has 3 heterocycles. The van der Waals surface area contributed by atoms with Crippen LogP contribution in [0, 0.1) is 6.92 Å². The van der Waals surface area contributed by atoms with Gasteiger partial charge < -0.3 is 9.47 Å². The summed E-state index contributed by atoms with van der Waals surface area (Å²) in [5.74, 6) is -1.54. The van der Waals surface area contributed by atoms with E-state index < -0.39 is 31.8 Å². The van der Waals surface area contributed by atoms with Gasteiger partial charge in [-0.05, 0) is 53.9 Å². The molecule has 2 saturated heterocycles. The molecular formula is C24H21NO5S3.